The van der Waals surface area contributed by atoms with Crippen LogP contribution in [0.4, 0.5) is 4.39 Å². The van der Waals surface area contributed by atoms with E-state index < -0.39 is 30.3 Å². The fourth-order valence-corrected chi connectivity index (χ4v) is 3.54. The van der Waals surface area contributed by atoms with Crippen LogP contribution in [-0.4, -0.2) is 45.7 Å². The van der Waals surface area contributed by atoms with Gasteiger partial charge in [-0.2, -0.15) is 0 Å². The minimum Gasteiger partial charge on any atom is -0.481 e. The first-order valence-corrected chi connectivity index (χ1v) is 7.97. The van der Waals surface area contributed by atoms with E-state index >= 15 is 0 Å². The van der Waals surface area contributed by atoms with Crippen LogP contribution in [0.25, 0.3) is 0 Å². The molecule has 1 N–H and O–H groups in total. The molecule has 1 fully saturated rings. The highest BCUT2D eigenvalue weighted by Crippen LogP contribution is 2.29. The van der Waals surface area contributed by atoms with Crippen molar-refractivity contribution in [3.8, 4) is 5.75 Å². The van der Waals surface area contributed by atoms with E-state index in [2.05, 4.69) is 15.9 Å². The molecule has 2 rings (SSSR count). The van der Waals surface area contributed by atoms with Gasteiger partial charge in [0.1, 0.15) is 6.04 Å². The van der Waals surface area contributed by atoms with Crippen LogP contribution in [0.5, 0.6) is 5.75 Å². The van der Waals surface area contributed by atoms with Crippen molar-refractivity contribution in [2.75, 3.05) is 12.4 Å². The number of carboxylic acid groups (broad SMARTS) is 1. The minimum absolute atomic E-state index is 0.0436. The van der Waals surface area contributed by atoms with Crippen LogP contribution >= 0.6 is 27.7 Å². The number of hydrogen-bond acceptors (Lipinski definition) is 4. The van der Waals surface area contributed by atoms with Gasteiger partial charge in [-0.05, 0) is 25.1 Å². The van der Waals surface area contributed by atoms with Crippen molar-refractivity contribution in [3.63, 3.8) is 0 Å². The van der Waals surface area contributed by atoms with E-state index in [0.717, 1.165) is 0 Å². The zero-order valence-corrected chi connectivity index (χ0v) is 13.5. The third-order valence-electron chi connectivity index (χ3n) is 3.04. The SMILES string of the molecule is CC1SCC(C(=O)O)N1C(=O)COc1ccc(Br)cc1F. The monoisotopic (exact) mass is 377 g/mol. The largest absolute Gasteiger partial charge is 0.481 e. The first-order valence-electron chi connectivity index (χ1n) is 6.13. The van der Waals surface area contributed by atoms with Gasteiger partial charge in [0.05, 0.1) is 5.37 Å². The van der Waals surface area contributed by atoms with Crippen molar-refractivity contribution in [1.82, 2.24) is 4.90 Å². The molecule has 1 aromatic rings. The first-order chi connectivity index (χ1) is 9.90. The van der Waals surface area contributed by atoms with Crippen LogP contribution < -0.4 is 4.74 Å². The topological polar surface area (TPSA) is 66.8 Å². The Labute approximate surface area is 133 Å². The molecule has 1 aliphatic heterocycles. The quantitative estimate of drug-likeness (QED) is 0.871. The van der Waals surface area contributed by atoms with Crippen molar-refractivity contribution >= 4 is 39.6 Å². The highest BCUT2D eigenvalue weighted by molar-refractivity contribution is 9.10. The number of hydrogen-bond donors (Lipinski definition) is 1. The number of rotatable bonds is 4. The summed E-state index contributed by atoms with van der Waals surface area (Å²) < 4.78 is 19.3. The van der Waals surface area contributed by atoms with Crippen LogP contribution in [0.2, 0.25) is 0 Å². The van der Waals surface area contributed by atoms with Crippen molar-refractivity contribution in [3.05, 3.63) is 28.5 Å². The van der Waals surface area contributed by atoms with Crippen LogP contribution in [0, 0.1) is 5.82 Å². The number of benzene rings is 1. The molecule has 1 amide bonds. The molecule has 114 valence electrons. The Morgan fingerprint density at radius 2 is 2.29 bits per heavy atom. The van der Waals surface area contributed by atoms with E-state index in [1.165, 1.54) is 28.8 Å². The molecule has 8 heteroatoms. The summed E-state index contributed by atoms with van der Waals surface area (Å²) in [5.41, 5.74) is 0. The molecule has 2 atom stereocenters. The fraction of sp³-hybridized carbons (Fsp3) is 0.385. The number of halogens is 2. The summed E-state index contributed by atoms with van der Waals surface area (Å²) >= 11 is 4.51. The molecule has 0 spiro atoms. The maximum absolute atomic E-state index is 13.6. The minimum atomic E-state index is -1.05. The third kappa shape index (κ3) is 3.68. The Hall–Kier alpha value is -1.28. The van der Waals surface area contributed by atoms with Crippen LogP contribution in [0.1, 0.15) is 6.92 Å². The molecule has 1 aromatic carbocycles. The molecule has 2 unspecified atom stereocenters. The molecule has 1 aliphatic rings. The number of nitrogens with zero attached hydrogens (tertiary/aromatic N) is 1. The van der Waals surface area contributed by atoms with Crippen molar-refractivity contribution in [2.45, 2.75) is 18.3 Å². The summed E-state index contributed by atoms with van der Waals surface area (Å²) in [7, 11) is 0. The molecular formula is C13H13BrFNO4S. The molecule has 0 aliphatic carbocycles. The zero-order valence-electron chi connectivity index (χ0n) is 11.1. The van der Waals surface area contributed by atoms with Gasteiger partial charge < -0.3 is 14.7 Å². The zero-order chi connectivity index (χ0) is 15.6. The molecule has 0 aromatic heterocycles. The van der Waals surface area contributed by atoms with Gasteiger partial charge in [-0.25, -0.2) is 9.18 Å². The maximum atomic E-state index is 13.6. The summed E-state index contributed by atoms with van der Waals surface area (Å²) in [6.07, 6.45) is 0. The smallest absolute Gasteiger partial charge is 0.327 e. The van der Waals surface area contributed by atoms with Gasteiger partial charge in [-0.15, -0.1) is 11.8 Å². The molecule has 1 saturated heterocycles. The number of aliphatic carboxylic acids is 1. The predicted octanol–water partition coefficient (Wildman–Crippen LogP) is 2.34. The second kappa shape index (κ2) is 6.65. The summed E-state index contributed by atoms with van der Waals surface area (Å²) in [5.74, 6) is -1.81. The third-order valence-corrected chi connectivity index (χ3v) is 4.75. The normalized spacial score (nSPS) is 21.4. The second-order valence-electron chi connectivity index (χ2n) is 4.45. The average Bonchev–Trinajstić information content (AvgIpc) is 2.79. The van der Waals surface area contributed by atoms with Gasteiger partial charge in [0, 0.05) is 10.2 Å². The number of carbonyl (C=O) groups is 2. The molecule has 0 radical (unpaired) electrons. The molecule has 21 heavy (non-hydrogen) atoms. The summed E-state index contributed by atoms with van der Waals surface area (Å²) in [6.45, 7) is 1.36. The van der Waals surface area contributed by atoms with Gasteiger partial charge in [-0.3, -0.25) is 4.79 Å². The Morgan fingerprint density at radius 3 is 2.90 bits per heavy atom. The predicted molar refractivity (Wildman–Crippen MR) is 79.8 cm³/mol. The maximum Gasteiger partial charge on any atom is 0.327 e. The lowest BCUT2D eigenvalue weighted by Crippen LogP contribution is -2.46. The Morgan fingerprint density at radius 1 is 1.57 bits per heavy atom. The number of thioether (sulfide) groups is 1. The summed E-state index contributed by atoms with van der Waals surface area (Å²) in [6, 6.07) is 3.37. The second-order valence-corrected chi connectivity index (χ2v) is 6.72. The lowest BCUT2D eigenvalue weighted by atomic mass is 10.3. The molecule has 0 saturated carbocycles. The Kier molecular flexibility index (Phi) is 5.10. The number of amides is 1. The van der Waals surface area contributed by atoms with Crippen molar-refractivity contribution < 1.29 is 23.8 Å². The molecule has 0 bridgehead atoms. The van der Waals surface area contributed by atoms with Gasteiger partial charge in [0.2, 0.25) is 0 Å². The Bertz CT molecular complexity index is 571. The van der Waals surface area contributed by atoms with E-state index in [-0.39, 0.29) is 11.1 Å². The van der Waals surface area contributed by atoms with Crippen LogP contribution in [0.3, 0.4) is 0 Å². The van der Waals surface area contributed by atoms with E-state index in [1.54, 1.807) is 13.0 Å². The first kappa shape index (κ1) is 16.1. The average molecular weight is 378 g/mol. The standard InChI is InChI=1S/C13H13BrFNO4S/c1-7-16(10(6-21-7)13(18)19)12(17)5-20-11-3-2-8(14)4-9(11)15/h2-4,7,10H,5-6H2,1H3,(H,18,19). The van der Waals surface area contributed by atoms with E-state index in [9.17, 15) is 14.0 Å². The van der Waals surface area contributed by atoms with Gasteiger partial charge >= 0.3 is 5.97 Å². The summed E-state index contributed by atoms with van der Waals surface area (Å²) in [5, 5.41) is 8.86. The van der Waals surface area contributed by atoms with Crippen molar-refractivity contribution in [1.29, 1.82) is 0 Å². The highest BCUT2D eigenvalue weighted by Gasteiger charge is 2.39. The molecule has 1 heterocycles. The Balaban J connectivity index is 2.02. The van der Waals surface area contributed by atoms with Gasteiger partial charge in [0.15, 0.2) is 18.2 Å². The number of carboxylic acids is 1. The van der Waals surface area contributed by atoms with E-state index in [1.807, 2.05) is 0 Å². The van der Waals surface area contributed by atoms with Crippen LogP contribution in [0.15, 0.2) is 22.7 Å². The van der Waals surface area contributed by atoms with Crippen LogP contribution in [-0.2, 0) is 9.59 Å². The van der Waals surface area contributed by atoms with Gasteiger partial charge in [-0.1, -0.05) is 15.9 Å². The van der Waals surface area contributed by atoms with E-state index in [0.29, 0.717) is 10.2 Å². The lowest BCUT2D eigenvalue weighted by molar-refractivity contribution is -0.149. The molecule has 5 nitrogen and oxygen atoms in total. The lowest BCUT2D eigenvalue weighted by Gasteiger charge is -2.24. The summed E-state index contributed by atoms with van der Waals surface area (Å²) in [4.78, 5) is 24.5. The van der Waals surface area contributed by atoms with Crippen molar-refractivity contribution in [2.24, 2.45) is 0 Å². The van der Waals surface area contributed by atoms with Gasteiger partial charge in [0.25, 0.3) is 5.91 Å². The number of ether oxygens (including phenoxy) is 1. The highest BCUT2D eigenvalue weighted by atomic mass is 79.9. The van der Waals surface area contributed by atoms with E-state index in [4.69, 9.17) is 9.84 Å². The number of carbonyl (C=O) groups excluding carboxylic acids is 1. The fourth-order valence-electron chi connectivity index (χ4n) is 2.02. The molecular weight excluding hydrogens is 365 g/mol.